The average molecular weight is 388 g/mol. The third-order valence-electron chi connectivity index (χ3n) is 5.26. The maximum Gasteiger partial charge on any atom is 0.141 e. The molecule has 140 valence electrons. The molecular formula is C22H21N5S. The average Bonchev–Trinajstić information content (AvgIpc) is 3.11. The maximum atomic E-state index is 4.72. The first kappa shape index (κ1) is 17.1. The Kier molecular flexibility index (Phi) is 4.41. The number of piperazine rings is 1. The van der Waals surface area contributed by atoms with Gasteiger partial charge in [-0.1, -0.05) is 36.4 Å². The molecule has 0 saturated carbocycles. The minimum absolute atomic E-state index is 0.922. The predicted molar refractivity (Wildman–Crippen MR) is 116 cm³/mol. The van der Waals surface area contributed by atoms with Crippen LogP contribution in [0.25, 0.3) is 21.3 Å². The number of aromatic nitrogens is 3. The zero-order chi connectivity index (χ0) is 18.9. The summed E-state index contributed by atoms with van der Waals surface area (Å²) in [7, 11) is 0. The molecule has 4 aromatic rings. The minimum Gasteiger partial charge on any atom is -0.353 e. The van der Waals surface area contributed by atoms with Gasteiger partial charge in [0.2, 0.25) is 0 Å². The van der Waals surface area contributed by atoms with Crippen molar-refractivity contribution in [2.45, 2.75) is 6.92 Å². The lowest BCUT2D eigenvalue weighted by Gasteiger charge is -2.36. The molecule has 28 heavy (non-hydrogen) atoms. The van der Waals surface area contributed by atoms with Crippen molar-refractivity contribution in [3.05, 3.63) is 65.9 Å². The van der Waals surface area contributed by atoms with E-state index in [0.717, 1.165) is 42.6 Å². The number of fused-ring (bicyclic) bond motifs is 1. The second-order valence-corrected chi connectivity index (χ2v) is 8.14. The number of aryl methyl sites for hydroxylation is 1. The normalized spacial score (nSPS) is 14.6. The van der Waals surface area contributed by atoms with Crippen molar-refractivity contribution in [2.75, 3.05) is 36.0 Å². The van der Waals surface area contributed by atoms with Gasteiger partial charge in [0.15, 0.2) is 0 Å². The number of benzene rings is 1. The highest BCUT2D eigenvalue weighted by atomic mass is 32.1. The van der Waals surface area contributed by atoms with Crippen LogP contribution < -0.4 is 9.80 Å². The van der Waals surface area contributed by atoms with Crippen molar-refractivity contribution in [1.29, 1.82) is 0 Å². The van der Waals surface area contributed by atoms with E-state index < -0.39 is 0 Å². The molecule has 6 heteroatoms. The highest BCUT2D eigenvalue weighted by molar-refractivity contribution is 7.19. The first-order valence-electron chi connectivity index (χ1n) is 9.52. The summed E-state index contributed by atoms with van der Waals surface area (Å²) in [5.41, 5.74) is 2.50. The molecule has 0 unspecified atom stereocenters. The predicted octanol–water partition coefficient (Wildman–Crippen LogP) is 4.39. The molecular weight excluding hydrogens is 366 g/mol. The van der Waals surface area contributed by atoms with Gasteiger partial charge < -0.3 is 9.80 Å². The van der Waals surface area contributed by atoms with Gasteiger partial charge in [0.25, 0.3) is 0 Å². The Morgan fingerprint density at radius 3 is 2.32 bits per heavy atom. The SMILES string of the molecule is Cc1sc2ncnc(N3CCN(c4ccccn4)CC3)c2c1-c1ccccc1. The third-order valence-corrected chi connectivity index (χ3v) is 6.27. The lowest BCUT2D eigenvalue weighted by atomic mass is 10.0. The van der Waals surface area contributed by atoms with Crippen LogP contribution in [0.2, 0.25) is 0 Å². The molecule has 0 bridgehead atoms. The fourth-order valence-electron chi connectivity index (χ4n) is 3.91. The molecule has 0 amide bonds. The van der Waals surface area contributed by atoms with E-state index in [2.05, 4.69) is 63.1 Å². The molecule has 0 N–H and O–H groups in total. The fraction of sp³-hybridized carbons (Fsp3) is 0.227. The molecule has 1 fully saturated rings. The van der Waals surface area contributed by atoms with Crippen molar-refractivity contribution in [3.8, 4) is 11.1 Å². The van der Waals surface area contributed by atoms with Crippen LogP contribution in [-0.4, -0.2) is 41.1 Å². The van der Waals surface area contributed by atoms with Crippen LogP contribution in [0.4, 0.5) is 11.6 Å². The molecule has 0 atom stereocenters. The summed E-state index contributed by atoms with van der Waals surface area (Å²) >= 11 is 1.75. The van der Waals surface area contributed by atoms with Crippen molar-refractivity contribution >= 4 is 33.2 Å². The van der Waals surface area contributed by atoms with Crippen LogP contribution >= 0.6 is 11.3 Å². The molecule has 1 aliphatic rings. The van der Waals surface area contributed by atoms with E-state index in [4.69, 9.17) is 4.98 Å². The van der Waals surface area contributed by atoms with E-state index in [1.165, 1.54) is 21.4 Å². The molecule has 1 aromatic carbocycles. The monoisotopic (exact) mass is 387 g/mol. The molecule has 5 rings (SSSR count). The van der Waals surface area contributed by atoms with Gasteiger partial charge in [-0.3, -0.25) is 0 Å². The molecule has 3 aromatic heterocycles. The molecule has 5 nitrogen and oxygen atoms in total. The molecule has 0 radical (unpaired) electrons. The van der Waals surface area contributed by atoms with Crippen molar-refractivity contribution in [1.82, 2.24) is 15.0 Å². The van der Waals surface area contributed by atoms with Crippen molar-refractivity contribution < 1.29 is 0 Å². The Bertz CT molecular complexity index is 1090. The highest BCUT2D eigenvalue weighted by Gasteiger charge is 2.24. The van der Waals surface area contributed by atoms with Crippen LogP contribution in [0.5, 0.6) is 0 Å². The Balaban J connectivity index is 1.50. The van der Waals surface area contributed by atoms with Crippen LogP contribution in [0, 0.1) is 6.92 Å². The summed E-state index contributed by atoms with van der Waals surface area (Å²) in [6, 6.07) is 16.7. The molecule has 0 spiro atoms. The summed E-state index contributed by atoms with van der Waals surface area (Å²) in [5, 5.41) is 1.18. The highest BCUT2D eigenvalue weighted by Crippen LogP contribution is 2.41. The van der Waals surface area contributed by atoms with Gasteiger partial charge in [-0.2, -0.15) is 0 Å². The van der Waals surface area contributed by atoms with Crippen LogP contribution in [0.3, 0.4) is 0 Å². The van der Waals surface area contributed by atoms with E-state index in [-0.39, 0.29) is 0 Å². The van der Waals surface area contributed by atoms with Crippen LogP contribution in [0.15, 0.2) is 61.1 Å². The summed E-state index contributed by atoms with van der Waals surface area (Å²) in [6.45, 7) is 5.90. The zero-order valence-corrected chi connectivity index (χ0v) is 16.6. The lowest BCUT2D eigenvalue weighted by molar-refractivity contribution is 0.643. The lowest BCUT2D eigenvalue weighted by Crippen LogP contribution is -2.47. The minimum atomic E-state index is 0.922. The topological polar surface area (TPSA) is 45.2 Å². The van der Waals surface area contributed by atoms with Gasteiger partial charge >= 0.3 is 0 Å². The molecule has 0 aliphatic carbocycles. The molecule has 1 saturated heterocycles. The first-order valence-corrected chi connectivity index (χ1v) is 10.3. The van der Waals surface area contributed by atoms with Gasteiger partial charge in [-0.15, -0.1) is 11.3 Å². The van der Waals surface area contributed by atoms with Gasteiger partial charge in [-0.05, 0) is 24.6 Å². The summed E-state index contributed by atoms with van der Waals surface area (Å²) in [4.78, 5) is 20.9. The zero-order valence-electron chi connectivity index (χ0n) is 15.7. The number of rotatable bonds is 3. The van der Waals surface area contributed by atoms with E-state index in [1.54, 1.807) is 17.7 Å². The Morgan fingerprint density at radius 1 is 0.821 bits per heavy atom. The third kappa shape index (κ3) is 2.99. The van der Waals surface area contributed by atoms with Gasteiger partial charge in [-0.25, -0.2) is 15.0 Å². The quantitative estimate of drug-likeness (QED) is 0.522. The number of anilines is 2. The number of nitrogens with zero attached hydrogens (tertiary/aromatic N) is 5. The second-order valence-electron chi connectivity index (χ2n) is 6.94. The van der Waals surface area contributed by atoms with Crippen molar-refractivity contribution in [3.63, 3.8) is 0 Å². The largest absolute Gasteiger partial charge is 0.353 e. The Labute approximate surface area is 168 Å². The fourth-order valence-corrected chi connectivity index (χ4v) is 4.92. The number of hydrogen-bond donors (Lipinski definition) is 0. The van der Waals surface area contributed by atoms with Gasteiger partial charge in [0.05, 0.1) is 5.39 Å². The standard InChI is InChI=1S/C22H21N5S/c1-16-19(17-7-3-2-4-8-17)20-21(24-15-25-22(20)28-16)27-13-11-26(12-14-27)18-9-5-6-10-23-18/h2-10,15H,11-14H2,1H3. The van der Waals surface area contributed by atoms with E-state index in [1.807, 2.05) is 18.3 Å². The summed E-state index contributed by atoms with van der Waals surface area (Å²) in [6.07, 6.45) is 3.56. The second kappa shape index (κ2) is 7.20. The van der Waals surface area contributed by atoms with E-state index >= 15 is 0 Å². The molecule has 1 aliphatic heterocycles. The number of thiophene rings is 1. The summed E-state index contributed by atoms with van der Waals surface area (Å²) < 4.78 is 0. The van der Waals surface area contributed by atoms with Gasteiger partial charge in [0, 0.05) is 42.8 Å². The maximum absolute atomic E-state index is 4.72. The van der Waals surface area contributed by atoms with E-state index in [0.29, 0.717) is 0 Å². The number of pyridine rings is 1. The smallest absolute Gasteiger partial charge is 0.141 e. The Morgan fingerprint density at radius 2 is 1.57 bits per heavy atom. The number of hydrogen-bond acceptors (Lipinski definition) is 6. The Hall–Kier alpha value is -2.99. The first-order chi connectivity index (χ1) is 13.8. The van der Waals surface area contributed by atoms with Crippen LogP contribution in [-0.2, 0) is 0 Å². The van der Waals surface area contributed by atoms with Gasteiger partial charge in [0.1, 0.15) is 22.8 Å². The van der Waals surface area contributed by atoms with Crippen molar-refractivity contribution in [2.24, 2.45) is 0 Å². The molecule has 4 heterocycles. The summed E-state index contributed by atoms with van der Waals surface area (Å²) in [5.74, 6) is 2.10. The van der Waals surface area contributed by atoms with E-state index in [9.17, 15) is 0 Å². The van der Waals surface area contributed by atoms with Crippen LogP contribution in [0.1, 0.15) is 4.88 Å².